The SMILES string of the molecule is C[C@@H]1CN(c2cccc(-c3ccc4cnc(CNC(=O)C5CCN(S(C)(=O)=O)C5)cc4n3)n2)C[C@H](C)O1. The Morgan fingerprint density at radius 3 is 2.57 bits per heavy atom. The van der Waals surface area contributed by atoms with Crippen LogP contribution in [0.3, 0.4) is 0 Å². The van der Waals surface area contributed by atoms with Gasteiger partial charge in [-0.15, -0.1) is 0 Å². The van der Waals surface area contributed by atoms with E-state index < -0.39 is 10.0 Å². The number of hydrogen-bond acceptors (Lipinski definition) is 8. The molecule has 3 aromatic rings. The zero-order valence-corrected chi connectivity index (χ0v) is 22.1. The zero-order chi connectivity index (χ0) is 26.2. The Morgan fingerprint density at radius 1 is 1.08 bits per heavy atom. The predicted molar refractivity (Wildman–Crippen MR) is 141 cm³/mol. The molecule has 5 heterocycles. The van der Waals surface area contributed by atoms with Crippen molar-refractivity contribution in [3.05, 3.63) is 48.3 Å². The third kappa shape index (κ3) is 5.89. The number of pyridine rings is 3. The van der Waals surface area contributed by atoms with E-state index in [4.69, 9.17) is 14.7 Å². The lowest BCUT2D eigenvalue weighted by Crippen LogP contribution is -2.45. The van der Waals surface area contributed by atoms with Crippen LogP contribution in [0.2, 0.25) is 0 Å². The minimum absolute atomic E-state index is 0.145. The van der Waals surface area contributed by atoms with Crippen LogP contribution in [0.5, 0.6) is 0 Å². The van der Waals surface area contributed by atoms with Crippen LogP contribution in [0.15, 0.2) is 42.6 Å². The average molecular weight is 525 g/mol. The highest BCUT2D eigenvalue weighted by Crippen LogP contribution is 2.24. The lowest BCUT2D eigenvalue weighted by molar-refractivity contribution is -0.124. The van der Waals surface area contributed by atoms with Gasteiger partial charge in [0.15, 0.2) is 0 Å². The number of nitrogens with one attached hydrogen (secondary N) is 1. The molecule has 1 unspecified atom stereocenters. The first-order valence-corrected chi connectivity index (χ1v) is 14.4. The van der Waals surface area contributed by atoms with Crippen molar-refractivity contribution in [2.45, 2.75) is 39.0 Å². The van der Waals surface area contributed by atoms with Crippen molar-refractivity contribution in [3.63, 3.8) is 0 Å². The first-order chi connectivity index (χ1) is 17.7. The number of nitrogens with zero attached hydrogens (tertiary/aromatic N) is 5. The molecule has 0 saturated carbocycles. The summed E-state index contributed by atoms with van der Waals surface area (Å²) in [5.74, 6) is 0.388. The number of carbonyl (C=O) groups excluding carboxylic acids is 1. The number of sulfonamides is 1. The first kappa shape index (κ1) is 25.5. The molecular formula is C26H32N6O4S. The van der Waals surface area contributed by atoms with E-state index in [9.17, 15) is 13.2 Å². The van der Waals surface area contributed by atoms with Gasteiger partial charge in [-0.2, -0.15) is 0 Å². The molecule has 5 rings (SSSR count). The van der Waals surface area contributed by atoms with E-state index in [0.29, 0.717) is 18.7 Å². The van der Waals surface area contributed by atoms with Crippen LogP contribution in [0.4, 0.5) is 5.82 Å². The molecule has 2 saturated heterocycles. The van der Waals surface area contributed by atoms with Gasteiger partial charge in [-0.05, 0) is 50.6 Å². The number of fused-ring (bicyclic) bond motifs is 1. The average Bonchev–Trinajstić information content (AvgIpc) is 3.38. The summed E-state index contributed by atoms with van der Waals surface area (Å²) in [6, 6.07) is 11.7. The Kier molecular flexibility index (Phi) is 7.11. The van der Waals surface area contributed by atoms with Gasteiger partial charge in [-0.1, -0.05) is 6.07 Å². The van der Waals surface area contributed by atoms with Gasteiger partial charge >= 0.3 is 0 Å². The highest BCUT2D eigenvalue weighted by Gasteiger charge is 2.32. The van der Waals surface area contributed by atoms with Crippen LogP contribution in [-0.4, -0.2) is 78.2 Å². The van der Waals surface area contributed by atoms with E-state index in [-0.39, 0.29) is 37.1 Å². The van der Waals surface area contributed by atoms with Crippen molar-refractivity contribution in [3.8, 4) is 11.4 Å². The smallest absolute Gasteiger partial charge is 0.224 e. The topological polar surface area (TPSA) is 118 Å². The van der Waals surface area contributed by atoms with E-state index in [1.54, 1.807) is 6.20 Å². The van der Waals surface area contributed by atoms with Crippen LogP contribution in [0.25, 0.3) is 22.3 Å². The molecule has 3 atom stereocenters. The minimum Gasteiger partial charge on any atom is -0.372 e. The Bertz CT molecular complexity index is 1410. The molecule has 2 fully saturated rings. The van der Waals surface area contributed by atoms with Crippen LogP contribution in [0.1, 0.15) is 26.0 Å². The number of amides is 1. The second-order valence-corrected chi connectivity index (χ2v) is 11.9. The van der Waals surface area contributed by atoms with Crippen molar-refractivity contribution in [1.29, 1.82) is 0 Å². The zero-order valence-electron chi connectivity index (χ0n) is 21.3. The van der Waals surface area contributed by atoms with Crippen LogP contribution < -0.4 is 10.2 Å². The Hall–Kier alpha value is -3.15. The molecule has 0 aromatic carbocycles. The second kappa shape index (κ2) is 10.3. The summed E-state index contributed by atoms with van der Waals surface area (Å²) in [7, 11) is -3.28. The van der Waals surface area contributed by atoms with E-state index in [2.05, 4.69) is 29.0 Å². The molecule has 3 aromatic heterocycles. The van der Waals surface area contributed by atoms with Gasteiger partial charge in [0.1, 0.15) is 5.82 Å². The van der Waals surface area contributed by atoms with Crippen molar-refractivity contribution < 1.29 is 17.9 Å². The maximum absolute atomic E-state index is 12.6. The van der Waals surface area contributed by atoms with Gasteiger partial charge in [0.25, 0.3) is 0 Å². The summed E-state index contributed by atoms with van der Waals surface area (Å²) >= 11 is 0. The highest BCUT2D eigenvalue weighted by atomic mass is 32.2. The van der Waals surface area contributed by atoms with Crippen LogP contribution in [0, 0.1) is 5.92 Å². The summed E-state index contributed by atoms with van der Waals surface area (Å²) in [5, 5.41) is 3.79. The minimum atomic E-state index is -3.28. The number of morpholine rings is 1. The standard InChI is InChI=1S/C26H32N6O4S/c1-17-14-31(15-18(2)36-17)25-6-4-5-22(30-25)23-8-7-19-12-27-21(11-24(19)29-23)13-28-26(33)20-9-10-32(16-20)37(3,34)35/h4-8,11-12,17-18,20H,9-10,13-16H2,1-3H3,(H,28,33)/t17-,18+,20?. The molecule has 11 heteroatoms. The molecule has 10 nitrogen and oxygen atoms in total. The summed E-state index contributed by atoms with van der Waals surface area (Å²) in [4.78, 5) is 29.0. The van der Waals surface area contributed by atoms with Gasteiger partial charge in [-0.3, -0.25) is 9.78 Å². The molecule has 37 heavy (non-hydrogen) atoms. The van der Waals surface area contributed by atoms with Gasteiger partial charge in [0.2, 0.25) is 15.9 Å². The molecule has 1 N–H and O–H groups in total. The summed E-state index contributed by atoms with van der Waals surface area (Å²) < 4.78 is 30.7. The Morgan fingerprint density at radius 2 is 1.84 bits per heavy atom. The molecule has 196 valence electrons. The predicted octanol–water partition coefficient (Wildman–Crippen LogP) is 2.20. The van der Waals surface area contributed by atoms with Gasteiger partial charge < -0.3 is 15.0 Å². The normalized spacial score (nSPS) is 22.9. The number of aromatic nitrogens is 3. The fraction of sp³-hybridized carbons (Fsp3) is 0.462. The highest BCUT2D eigenvalue weighted by molar-refractivity contribution is 7.88. The third-order valence-electron chi connectivity index (χ3n) is 6.81. The Labute approximate surface area is 217 Å². The molecule has 2 aliphatic rings. The van der Waals surface area contributed by atoms with Crippen LogP contribution in [-0.2, 0) is 26.1 Å². The molecule has 0 bridgehead atoms. The summed E-state index contributed by atoms with van der Waals surface area (Å²) in [5.41, 5.74) is 2.99. The maximum atomic E-state index is 12.6. The van der Waals surface area contributed by atoms with Gasteiger partial charge in [0.05, 0.1) is 53.5 Å². The van der Waals surface area contributed by atoms with Crippen molar-refractivity contribution in [1.82, 2.24) is 24.6 Å². The molecular weight excluding hydrogens is 492 g/mol. The van der Waals surface area contributed by atoms with E-state index >= 15 is 0 Å². The largest absolute Gasteiger partial charge is 0.372 e. The van der Waals surface area contributed by atoms with Crippen LogP contribution >= 0.6 is 0 Å². The second-order valence-electron chi connectivity index (χ2n) is 9.93. The Balaban J connectivity index is 1.29. The van der Waals surface area contributed by atoms with E-state index in [0.717, 1.165) is 41.2 Å². The number of rotatable bonds is 6. The molecule has 1 amide bonds. The monoisotopic (exact) mass is 524 g/mol. The lowest BCUT2D eigenvalue weighted by atomic mass is 10.1. The number of anilines is 1. The number of hydrogen-bond donors (Lipinski definition) is 1. The van der Waals surface area contributed by atoms with Gasteiger partial charge in [-0.25, -0.2) is 22.7 Å². The third-order valence-corrected chi connectivity index (χ3v) is 8.07. The first-order valence-electron chi connectivity index (χ1n) is 12.5. The fourth-order valence-electron chi connectivity index (χ4n) is 4.97. The van der Waals surface area contributed by atoms with Crippen molar-refractivity contribution >= 4 is 32.7 Å². The number of carbonyl (C=O) groups is 1. The quantitative estimate of drug-likeness (QED) is 0.522. The molecule has 2 aliphatic heterocycles. The van der Waals surface area contributed by atoms with Crippen molar-refractivity contribution in [2.75, 3.05) is 37.3 Å². The van der Waals surface area contributed by atoms with E-state index in [1.807, 2.05) is 36.4 Å². The molecule has 0 spiro atoms. The number of ether oxygens (including phenoxy) is 1. The molecule has 0 radical (unpaired) electrons. The maximum Gasteiger partial charge on any atom is 0.224 e. The van der Waals surface area contributed by atoms with E-state index in [1.165, 1.54) is 10.6 Å². The summed E-state index contributed by atoms with van der Waals surface area (Å²) in [6.45, 7) is 6.57. The van der Waals surface area contributed by atoms with Crippen molar-refractivity contribution in [2.24, 2.45) is 5.92 Å². The molecule has 0 aliphatic carbocycles. The fourth-order valence-corrected chi connectivity index (χ4v) is 5.86. The summed E-state index contributed by atoms with van der Waals surface area (Å²) in [6.07, 6.45) is 3.72. The lowest BCUT2D eigenvalue weighted by Gasteiger charge is -2.36. The van der Waals surface area contributed by atoms with Gasteiger partial charge in [0, 0.05) is 37.8 Å².